The largest absolute Gasteiger partial charge is 0.467 e. The Morgan fingerprint density at radius 3 is 2.83 bits per heavy atom. The first-order chi connectivity index (χ1) is 14.8. The van der Waals surface area contributed by atoms with Gasteiger partial charge in [-0.15, -0.1) is 0 Å². The summed E-state index contributed by atoms with van der Waals surface area (Å²) in [7, 11) is 0. The third kappa shape index (κ3) is 4.41. The molecule has 0 aliphatic carbocycles. The maximum atomic E-state index is 12.9. The lowest BCUT2D eigenvalue weighted by Gasteiger charge is -2.09. The van der Waals surface area contributed by atoms with Crippen LogP contribution in [0, 0.1) is 0 Å². The molecule has 1 amide bonds. The number of nitrogens with zero attached hydrogens (tertiary/aromatic N) is 3. The van der Waals surface area contributed by atoms with Crippen LogP contribution >= 0.6 is 0 Å². The maximum absolute atomic E-state index is 12.9. The number of amides is 1. The Morgan fingerprint density at radius 2 is 2.07 bits per heavy atom. The molecular formula is C23H24N4O3. The van der Waals surface area contributed by atoms with Crippen molar-refractivity contribution in [1.29, 1.82) is 0 Å². The molecule has 4 aromatic rings. The lowest BCUT2D eigenvalue weighted by Crippen LogP contribution is -2.25. The van der Waals surface area contributed by atoms with Crippen molar-refractivity contribution < 1.29 is 13.9 Å². The predicted octanol–water partition coefficient (Wildman–Crippen LogP) is 4.05. The van der Waals surface area contributed by atoms with Crippen molar-refractivity contribution >= 4 is 16.9 Å². The molecule has 0 spiro atoms. The molecule has 3 aromatic heterocycles. The number of hydrogen-bond acceptors (Lipinski definition) is 5. The molecule has 1 N–H and O–H groups in total. The van der Waals surface area contributed by atoms with Crippen LogP contribution in [0.25, 0.3) is 22.3 Å². The van der Waals surface area contributed by atoms with Crippen LogP contribution in [0.3, 0.4) is 0 Å². The van der Waals surface area contributed by atoms with Gasteiger partial charge in [-0.05, 0) is 31.5 Å². The first kappa shape index (κ1) is 19.8. The second kappa shape index (κ2) is 9.37. The summed E-state index contributed by atoms with van der Waals surface area (Å²) < 4.78 is 12.6. The van der Waals surface area contributed by atoms with Crippen LogP contribution in [0.15, 0.2) is 65.4 Å². The Labute approximate surface area is 174 Å². The van der Waals surface area contributed by atoms with E-state index in [0.717, 1.165) is 22.4 Å². The van der Waals surface area contributed by atoms with E-state index in [9.17, 15) is 4.79 Å². The van der Waals surface area contributed by atoms with E-state index >= 15 is 0 Å². The number of ether oxygens (including phenoxy) is 1. The van der Waals surface area contributed by atoms with E-state index in [1.807, 2.05) is 55.5 Å². The molecule has 0 bridgehead atoms. The van der Waals surface area contributed by atoms with Gasteiger partial charge in [-0.25, -0.2) is 9.67 Å². The summed E-state index contributed by atoms with van der Waals surface area (Å²) in [6.45, 7) is 4.18. The highest BCUT2D eigenvalue weighted by Gasteiger charge is 2.17. The van der Waals surface area contributed by atoms with E-state index in [1.165, 1.54) is 0 Å². The molecule has 7 nitrogen and oxygen atoms in total. The number of nitrogens with one attached hydrogen (secondary N) is 1. The molecule has 3 heterocycles. The van der Waals surface area contributed by atoms with Crippen molar-refractivity contribution in [3.8, 4) is 11.3 Å². The highest BCUT2D eigenvalue weighted by Crippen LogP contribution is 2.24. The second-order valence-corrected chi connectivity index (χ2v) is 6.86. The molecular weight excluding hydrogens is 380 g/mol. The van der Waals surface area contributed by atoms with Gasteiger partial charge in [0.15, 0.2) is 5.65 Å². The molecule has 0 unspecified atom stereocenters. The van der Waals surface area contributed by atoms with E-state index in [-0.39, 0.29) is 5.91 Å². The van der Waals surface area contributed by atoms with Gasteiger partial charge in [-0.1, -0.05) is 30.3 Å². The monoisotopic (exact) mass is 404 g/mol. The summed E-state index contributed by atoms with van der Waals surface area (Å²) in [6.07, 6.45) is 4.04. The topological polar surface area (TPSA) is 82.2 Å². The molecule has 4 rings (SSSR count). The van der Waals surface area contributed by atoms with Crippen molar-refractivity contribution in [2.45, 2.75) is 26.5 Å². The summed E-state index contributed by atoms with van der Waals surface area (Å²) in [5.41, 5.74) is 3.01. The van der Waals surface area contributed by atoms with E-state index in [1.54, 1.807) is 17.1 Å². The molecule has 0 fully saturated rings. The molecule has 0 saturated heterocycles. The van der Waals surface area contributed by atoms with Crippen LogP contribution in [0.4, 0.5) is 0 Å². The fourth-order valence-corrected chi connectivity index (χ4v) is 3.26. The summed E-state index contributed by atoms with van der Waals surface area (Å²) in [5, 5.41) is 8.12. The highest BCUT2D eigenvalue weighted by molar-refractivity contribution is 6.06. The van der Waals surface area contributed by atoms with Gasteiger partial charge >= 0.3 is 0 Å². The average Bonchev–Trinajstić information content (AvgIpc) is 3.45. The molecule has 0 atom stereocenters. The van der Waals surface area contributed by atoms with Crippen molar-refractivity contribution in [2.24, 2.45) is 0 Å². The van der Waals surface area contributed by atoms with Crippen molar-refractivity contribution in [1.82, 2.24) is 20.1 Å². The molecule has 0 aliphatic heterocycles. The third-order valence-corrected chi connectivity index (χ3v) is 4.80. The number of benzene rings is 1. The van der Waals surface area contributed by atoms with E-state index in [4.69, 9.17) is 14.1 Å². The van der Waals surface area contributed by atoms with Gasteiger partial charge in [0.05, 0.1) is 29.1 Å². The lowest BCUT2D eigenvalue weighted by molar-refractivity contribution is 0.0918. The smallest absolute Gasteiger partial charge is 0.252 e. The zero-order valence-electron chi connectivity index (χ0n) is 16.9. The van der Waals surface area contributed by atoms with Crippen molar-refractivity contribution in [3.05, 3.63) is 72.3 Å². The summed E-state index contributed by atoms with van der Waals surface area (Å²) >= 11 is 0. The molecule has 7 heteroatoms. The summed E-state index contributed by atoms with van der Waals surface area (Å²) in [4.78, 5) is 17.7. The number of fused-ring (bicyclic) bond motifs is 1. The number of hydrogen-bond donors (Lipinski definition) is 1. The predicted molar refractivity (Wildman–Crippen MR) is 114 cm³/mol. The van der Waals surface area contributed by atoms with E-state index in [2.05, 4.69) is 10.4 Å². The standard InChI is InChI=1S/C23H24N4O3/c1-2-27-22-20(15-25-27)19(14-21(26-22)17-8-4-3-5-9-17)23(28)24-11-7-12-29-16-18-10-6-13-30-18/h3-6,8-10,13-15H,2,7,11-12,16H2,1H3,(H,24,28). The van der Waals surface area contributed by atoms with E-state index < -0.39 is 0 Å². The van der Waals surface area contributed by atoms with Gasteiger partial charge < -0.3 is 14.5 Å². The zero-order chi connectivity index (χ0) is 20.8. The minimum absolute atomic E-state index is 0.138. The first-order valence-electron chi connectivity index (χ1n) is 10.1. The van der Waals surface area contributed by atoms with Gasteiger partial charge in [-0.3, -0.25) is 4.79 Å². The molecule has 1 aromatic carbocycles. The Bertz CT molecular complexity index is 1100. The average molecular weight is 404 g/mol. The summed E-state index contributed by atoms with van der Waals surface area (Å²) in [5.74, 6) is 0.654. The number of aryl methyl sites for hydroxylation is 1. The van der Waals surface area contributed by atoms with Gasteiger partial charge in [0, 0.05) is 25.3 Å². The Morgan fingerprint density at radius 1 is 1.20 bits per heavy atom. The quantitative estimate of drug-likeness (QED) is 0.426. The van der Waals surface area contributed by atoms with E-state index in [0.29, 0.717) is 43.9 Å². The van der Waals surface area contributed by atoms with Gasteiger partial charge in [0.2, 0.25) is 0 Å². The number of carbonyl (C=O) groups excluding carboxylic acids is 1. The second-order valence-electron chi connectivity index (χ2n) is 6.86. The maximum Gasteiger partial charge on any atom is 0.252 e. The lowest BCUT2D eigenvalue weighted by atomic mass is 10.1. The minimum atomic E-state index is -0.138. The van der Waals surface area contributed by atoms with Crippen molar-refractivity contribution in [2.75, 3.05) is 13.2 Å². The van der Waals surface area contributed by atoms with Gasteiger partial charge in [0.1, 0.15) is 12.4 Å². The number of rotatable bonds is 9. The zero-order valence-corrected chi connectivity index (χ0v) is 16.9. The third-order valence-electron chi connectivity index (χ3n) is 4.80. The SMILES string of the molecule is CCn1ncc2c(C(=O)NCCCOCc3ccco3)cc(-c3ccccc3)nc21. The Balaban J connectivity index is 1.45. The number of furan rings is 1. The molecule has 0 aliphatic rings. The van der Waals surface area contributed by atoms with Crippen LogP contribution in [0.1, 0.15) is 29.5 Å². The normalized spacial score (nSPS) is 11.1. The van der Waals surface area contributed by atoms with Crippen LogP contribution in [-0.4, -0.2) is 33.8 Å². The molecule has 0 radical (unpaired) electrons. The molecule has 154 valence electrons. The number of carbonyl (C=O) groups is 1. The Kier molecular flexibility index (Phi) is 6.20. The van der Waals surface area contributed by atoms with Crippen LogP contribution < -0.4 is 5.32 Å². The highest BCUT2D eigenvalue weighted by atomic mass is 16.5. The number of pyridine rings is 1. The van der Waals surface area contributed by atoms with Crippen LogP contribution in [0.2, 0.25) is 0 Å². The van der Waals surface area contributed by atoms with Gasteiger partial charge in [-0.2, -0.15) is 5.10 Å². The minimum Gasteiger partial charge on any atom is -0.467 e. The summed E-state index contributed by atoms with van der Waals surface area (Å²) in [6, 6.07) is 15.4. The number of aromatic nitrogens is 3. The fraction of sp³-hybridized carbons (Fsp3) is 0.261. The van der Waals surface area contributed by atoms with Crippen molar-refractivity contribution in [3.63, 3.8) is 0 Å². The van der Waals surface area contributed by atoms with Gasteiger partial charge in [0.25, 0.3) is 5.91 Å². The van der Waals surface area contributed by atoms with Crippen LogP contribution in [0.5, 0.6) is 0 Å². The first-order valence-corrected chi connectivity index (χ1v) is 10.1. The fourth-order valence-electron chi connectivity index (χ4n) is 3.26. The molecule has 0 saturated carbocycles. The molecule has 30 heavy (non-hydrogen) atoms. The van der Waals surface area contributed by atoms with Crippen LogP contribution in [-0.2, 0) is 17.9 Å². The Hall–Kier alpha value is -3.45.